The number of aromatic amines is 1. The third-order valence-electron chi connectivity index (χ3n) is 2.46. The van der Waals surface area contributed by atoms with Crippen LogP contribution in [0.5, 0.6) is 0 Å². The number of nitrogens with one attached hydrogen (secondary N) is 1. The van der Waals surface area contributed by atoms with Gasteiger partial charge in [0.2, 0.25) is 0 Å². The molecule has 0 unspecified atom stereocenters. The van der Waals surface area contributed by atoms with Crippen LogP contribution in [0.25, 0.3) is 10.9 Å². The molecule has 3 nitrogen and oxygen atoms in total. The van der Waals surface area contributed by atoms with Gasteiger partial charge in [-0.3, -0.25) is 4.79 Å². The third-order valence-corrected chi connectivity index (χ3v) is 3.09. The molecule has 0 fully saturated rings. The molecule has 0 aliphatic heterocycles. The second kappa shape index (κ2) is 4.98. The molecule has 0 aliphatic rings. The van der Waals surface area contributed by atoms with Gasteiger partial charge in [0.15, 0.2) is 0 Å². The van der Waals surface area contributed by atoms with Crippen LogP contribution in [0.3, 0.4) is 0 Å². The molecule has 0 spiro atoms. The van der Waals surface area contributed by atoms with E-state index < -0.39 is 0 Å². The fraction of sp³-hybridized carbons (Fsp3) is 0.250. The van der Waals surface area contributed by atoms with Crippen LogP contribution in [0.4, 0.5) is 0 Å². The molecular weight excluding hydrogens is 261 g/mol. The first kappa shape index (κ1) is 12.3. The summed E-state index contributed by atoms with van der Waals surface area (Å²) in [5.74, 6) is -0.274. The van der Waals surface area contributed by atoms with Crippen LogP contribution in [0.15, 0.2) is 18.3 Å². The number of carbonyl (C=O) groups is 1. The van der Waals surface area contributed by atoms with E-state index >= 15 is 0 Å². The second-order valence-electron chi connectivity index (χ2n) is 3.57. The Morgan fingerprint density at radius 1 is 1.35 bits per heavy atom. The van der Waals surface area contributed by atoms with E-state index in [-0.39, 0.29) is 12.4 Å². The summed E-state index contributed by atoms with van der Waals surface area (Å²) in [6.45, 7) is 2.15. The number of benzene rings is 1. The molecule has 5 heteroatoms. The average Bonchev–Trinajstić information content (AvgIpc) is 2.69. The van der Waals surface area contributed by atoms with Crippen LogP contribution in [0.2, 0.25) is 10.0 Å². The zero-order chi connectivity index (χ0) is 12.4. The van der Waals surface area contributed by atoms with Crippen molar-refractivity contribution in [2.75, 3.05) is 6.61 Å². The van der Waals surface area contributed by atoms with Crippen LogP contribution >= 0.6 is 23.2 Å². The highest BCUT2D eigenvalue weighted by Crippen LogP contribution is 2.32. The average molecular weight is 272 g/mol. The van der Waals surface area contributed by atoms with Gasteiger partial charge >= 0.3 is 5.97 Å². The predicted molar refractivity (Wildman–Crippen MR) is 68.7 cm³/mol. The molecule has 0 saturated heterocycles. The number of hydrogen-bond donors (Lipinski definition) is 1. The Morgan fingerprint density at radius 3 is 2.76 bits per heavy atom. The van der Waals surface area contributed by atoms with Gasteiger partial charge in [-0.15, -0.1) is 0 Å². The number of aromatic nitrogens is 1. The monoisotopic (exact) mass is 271 g/mol. The number of carbonyl (C=O) groups excluding carboxylic acids is 1. The van der Waals surface area contributed by atoms with E-state index in [0.29, 0.717) is 16.7 Å². The van der Waals surface area contributed by atoms with Crippen LogP contribution < -0.4 is 0 Å². The van der Waals surface area contributed by atoms with Crippen molar-refractivity contribution in [1.29, 1.82) is 0 Å². The topological polar surface area (TPSA) is 42.1 Å². The van der Waals surface area contributed by atoms with Gasteiger partial charge in [0.05, 0.1) is 28.6 Å². The Bertz CT molecular complexity index is 563. The van der Waals surface area contributed by atoms with Crippen molar-refractivity contribution in [3.8, 4) is 0 Å². The van der Waals surface area contributed by atoms with Crippen molar-refractivity contribution in [3.63, 3.8) is 0 Å². The molecule has 1 aromatic heterocycles. The molecule has 0 aliphatic carbocycles. The van der Waals surface area contributed by atoms with Crippen molar-refractivity contribution < 1.29 is 9.53 Å². The Labute approximate surface area is 109 Å². The van der Waals surface area contributed by atoms with Crippen molar-refractivity contribution in [3.05, 3.63) is 33.9 Å². The minimum atomic E-state index is -0.274. The summed E-state index contributed by atoms with van der Waals surface area (Å²) < 4.78 is 4.91. The molecule has 0 bridgehead atoms. The molecule has 0 amide bonds. The second-order valence-corrected chi connectivity index (χ2v) is 4.39. The number of ether oxygens (including phenoxy) is 1. The first-order valence-electron chi connectivity index (χ1n) is 5.23. The molecule has 17 heavy (non-hydrogen) atoms. The SMILES string of the molecule is CCOC(=O)Cc1c[nH]c2c(Cl)ccc(Cl)c12. The van der Waals surface area contributed by atoms with Gasteiger partial charge in [0, 0.05) is 11.6 Å². The molecule has 2 aromatic rings. The van der Waals surface area contributed by atoms with E-state index in [9.17, 15) is 4.79 Å². The summed E-state index contributed by atoms with van der Waals surface area (Å²) >= 11 is 12.1. The van der Waals surface area contributed by atoms with Crippen molar-refractivity contribution in [2.45, 2.75) is 13.3 Å². The lowest BCUT2D eigenvalue weighted by Gasteiger charge is -2.02. The Hall–Kier alpha value is -1.19. The largest absolute Gasteiger partial charge is 0.466 e. The quantitative estimate of drug-likeness (QED) is 0.868. The first-order valence-corrected chi connectivity index (χ1v) is 5.98. The third kappa shape index (κ3) is 2.40. The van der Waals surface area contributed by atoms with Crippen LogP contribution in [0, 0.1) is 0 Å². The van der Waals surface area contributed by atoms with E-state index in [1.54, 1.807) is 25.3 Å². The van der Waals surface area contributed by atoms with Crippen LogP contribution in [-0.4, -0.2) is 17.6 Å². The number of hydrogen-bond acceptors (Lipinski definition) is 2. The van der Waals surface area contributed by atoms with E-state index in [1.807, 2.05) is 0 Å². The van der Waals surface area contributed by atoms with Gasteiger partial charge in [0.1, 0.15) is 0 Å². The minimum Gasteiger partial charge on any atom is -0.466 e. The number of fused-ring (bicyclic) bond motifs is 1. The lowest BCUT2D eigenvalue weighted by atomic mass is 10.1. The summed E-state index contributed by atoms with van der Waals surface area (Å²) in [6.07, 6.45) is 1.92. The molecule has 0 radical (unpaired) electrons. The minimum absolute atomic E-state index is 0.188. The Morgan fingerprint density at radius 2 is 2.06 bits per heavy atom. The summed E-state index contributed by atoms with van der Waals surface area (Å²) in [5, 5.41) is 1.94. The van der Waals surface area contributed by atoms with E-state index in [2.05, 4.69) is 4.98 Å². The summed E-state index contributed by atoms with van der Waals surface area (Å²) in [6, 6.07) is 3.44. The fourth-order valence-corrected chi connectivity index (χ4v) is 2.24. The van der Waals surface area contributed by atoms with Crippen molar-refractivity contribution in [2.24, 2.45) is 0 Å². The standard InChI is InChI=1S/C12H11Cl2NO2/c1-2-17-10(16)5-7-6-15-12-9(14)4-3-8(13)11(7)12/h3-4,6,15H,2,5H2,1H3. The lowest BCUT2D eigenvalue weighted by Crippen LogP contribution is -2.07. The molecule has 2 rings (SSSR count). The van der Waals surface area contributed by atoms with E-state index in [1.165, 1.54) is 0 Å². The highest BCUT2D eigenvalue weighted by Gasteiger charge is 2.13. The normalized spacial score (nSPS) is 10.8. The van der Waals surface area contributed by atoms with Gasteiger partial charge < -0.3 is 9.72 Å². The maximum absolute atomic E-state index is 11.4. The molecule has 1 N–H and O–H groups in total. The fourth-order valence-electron chi connectivity index (χ4n) is 1.75. The molecule has 0 saturated carbocycles. The zero-order valence-electron chi connectivity index (χ0n) is 9.22. The number of H-pyrrole nitrogens is 1. The molecular formula is C12H11Cl2NO2. The highest BCUT2D eigenvalue weighted by atomic mass is 35.5. The van der Waals surface area contributed by atoms with Crippen molar-refractivity contribution in [1.82, 2.24) is 4.98 Å². The maximum Gasteiger partial charge on any atom is 0.310 e. The molecule has 90 valence electrons. The molecule has 0 atom stereocenters. The summed E-state index contributed by atoms with van der Waals surface area (Å²) in [4.78, 5) is 14.5. The van der Waals surface area contributed by atoms with E-state index in [4.69, 9.17) is 27.9 Å². The predicted octanol–water partition coefficient (Wildman–Crippen LogP) is 3.58. The highest BCUT2D eigenvalue weighted by molar-refractivity contribution is 6.40. The number of rotatable bonds is 3. The van der Waals surface area contributed by atoms with Gasteiger partial charge in [-0.25, -0.2) is 0 Å². The number of esters is 1. The van der Waals surface area contributed by atoms with Gasteiger partial charge in [-0.1, -0.05) is 23.2 Å². The van der Waals surface area contributed by atoms with Crippen molar-refractivity contribution >= 4 is 40.1 Å². The smallest absolute Gasteiger partial charge is 0.310 e. The van der Waals surface area contributed by atoms with Gasteiger partial charge in [0.25, 0.3) is 0 Å². The van der Waals surface area contributed by atoms with Crippen LogP contribution in [0.1, 0.15) is 12.5 Å². The molecule has 1 heterocycles. The zero-order valence-corrected chi connectivity index (χ0v) is 10.7. The molecule has 1 aromatic carbocycles. The Kier molecular flexibility index (Phi) is 3.60. The van der Waals surface area contributed by atoms with Crippen LogP contribution in [-0.2, 0) is 16.0 Å². The van der Waals surface area contributed by atoms with E-state index in [0.717, 1.165) is 16.5 Å². The number of halogens is 2. The summed E-state index contributed by atoms with van der Waals surface area (Å²) in [7, 11) is 0. The maximum atomic E-state index is 11.4. The lowest BCUT2D eigenvalue weighted by molar-refractivity contribution is -0.142. The summed E-state index contributed by atoms with van der Waals surface area (Å²) in [5.41, 5.74) is 1.55. The van der Waals surface area contributed by atoms with Gasteiger partial charge in [-0.05, 0) is 24.6 Å². The first-order chi connectivity index (χ1) is 8.13. The van der Waals surface area contributed by atoms with Gasteiger partial charge in [-0.2, -0.15) is 0 Å². The Balaban J connectivity index is 2.42.